The van der Waals surface area contributed by atoms with E-state index < -0.39 is 0 Å². The summed E-state index contributed by atoms with van der Waals surface area (Å²) in [6.07, 6.45) is 1.41. The van der Waals surface area contributed by atoms with Crippen molar-refractivity contribution in [3.63, 3.8) is 0 Å². The third-order valence-electron chi connectivity index (χ3n) is 2.04. The average molecular weight is 193 g/mol. The highest BCUT2D eigenvalue weighted by atomic mass is 32.1. The second kappa shape index (κ2) is 2.92. The predicted molar refractivity (Wildman–Crippen MR) is 53.7 cm³/mol. The van der Waals surface area contributed by atoms with Gasteiger partial charge in [-0.05, 0) is 0 Å². The maximum Gasteiger partial charge on any atom is 0.147 e. The molecule has 0 unspecified atom stereocenters. The summed E-state index contributed by atoms with van der Waals surface area (Å²) < 4.78 is 15.6. The number of aromatic nitrogens is 1. The Morgan fingerprint density at radius 2 is 1.85 bits per heavy atom. The zero-order valence-corrected chi connectivity index (χ0v) is 7.94. The van der Waals surface area contributed by atoms with Gasteiger partial charge in [-0.1, -0.05) is 36.5 Å². The van der Waals surface area contributed by atoms with Crippen molar-refractivity contribution in [1.82, 2.24) is 4.57 Å². The molecule has 0 aliphatic heterocycles. The molecule has 0 fully saturated rings. The molecule has 0 bridgehead atoms. The first-order chi connectivity index (χ1) is 6.20. The molecule has 13 heavy (non-hydrogen) atoms. The third-order valence-corrected chi connectivity index (χ3v) is 2.55. The van der Waals surface area contributed by atoms with Crippen LogP contribution in [0.3, 0.4) is 0 Å². The minimum absolute atomic E-state index is 0.230. The van der Waals surface area contributed by atoms with Crippen LogP contribution in [-0.2, 0) is 7.05 Å². The van der Waals surface area contributed by atoms with Gasteiger partial charge in [0, 0.05) is 24.0 Å². The molecule has 1 aromatic heterocycles. The van der Waals surface area contributed by atoms with Crippen molar-refractivity contribution < 1.29 is 4.39 Å². The first-order valence-corrected chi connectivity index (χ1v) is 4.35. The molecule has 2 rings (SSSR count). The Kier molecular flexibility index (Phi) is 1.88. The molecule has 3 heteroatoms. The van der Waals surface area contributed by atoms with Gasteiger partial charge in [0.15, 0.2) is 0 Å². The molecule has 1 heterocycles. The highest BCUT2D eigenvalue weighted by Gasteiger charge is 2.02. The smallest absolute Gasteiger partial charge is 0.147 e. The second-order valence-corrected chi connectivity index (χ2v) is 3.33. The number of nitrogens with zero attached hydrogens (tertiary/aromatic N) is 1. The van der Waals surface area contributed by atoms with E-state index in [1.165, 1.54) is 6.20 Å². The Morgan fingerprint density at radius 1 is 1.23 bits per heavy atom. The Balaban J connectivity index is 3.06. The van der Waals surface area contributed by atoms with Gasteiger partial charge in [-0.15, -0.1) is 0 Å². The predicted octanol–water partition coefficient (Wildman–Crippen LogP) is 3.05. The largest absolute Gasteiger partial charge is 0.339 e. The fourth-order valence-corrected chi connectivity index (χ4v) is 1.60. The summed E-state index contributed by atoms with van der Waals surface area (Å²) in [4.78, 5) is 0. The lowest BCUT2D eigenvalue weighted by molar-refractivity contribution is 0.621. The topological polar surface area (TPSA) is 4.93 Å². The van der Waals surface area contributed by atoms with Crippen LogP contribution in [0.5, 0.6) is 0 Å². The quantitative estimate of drug-likeness (QED) is 0.582. The van der Waals surface area contributed by atoms with E-state index >= 15 is 0 Å². The van der Waals surface area contributed by atoms with Gasteiger partial charge in [0.05, 0.1) is 0 Å². The summed E-state index contributed by atoms with van der Waals surface area (Å²) in [7, 11) is 1.75. The van der Waals surface area contributed by atoms with E-state index in [2.05, 4.69) is 0 Å². The Bertz CT molecular complexity index is 516. The number of fused-ring (bicyclic) bond motifs is 1. The first-order valence-electron chi connectivity index (χ1n) is 3.94. The van der Waals surface area contributed by atoms with Gasteiger partial charge < -0.3 is 4.57 Å². The van der Waals surface area contributed by atoms with Gasteiger partial charge in [0.25, 0.3) is 0 Å². The molecule has 2 aromatic rings. The van der Waals surface area contributed by atoms with Crippen LogP contribution in [0.15, 0.2) is 30.5 Å². The van der Waals surface area contributed by atoms with E-state index in [0.29, 0.717) is 10.0 Å². The number of rotatable bonds is 0. The number of hydrogen-bond acceptors (Lipinski definition) is 1. The van der Waals surface area contributed by atoms with Crippen molar-refractivity contribution in [2.45, 2.75) is 0 Å². The monoisotopic (exact) mass is 193 g/mol. The Hall–Kier alpha value is -1.22. The zero-order chi connectivity index (χ0) is 9.42. The standard InChI is InChI=1S/C10H8FNS/c1-12-6-9(11)7-4-2-3-5-8(7)10(12)13/h2-6H,1H3. The molecule has 1 aromatic carbocycles. The fraction of sp³-hybridized carbons (Fsp3) is 0.100. The van der Waals surface area contributed by atoms with Gasteiger partial charge >= 0.3 is 0 Å². The summed E-state index contributed by atoms with van der Waals surface area (Å²) in [6.45, 7) is 0. The van der Waals surface area contributed by atoms with E-state index in [1.54, 1.807) is 23.7 Å². The number of pyridine rings is 1. The molecule has 0 aliphatic carbocycles. The van der Waals surface area contributed by atoms with Crippen LogP contribution >= 0.6 is 12.2 Å². The molecule has 0 aliphatic rings. The Labute approximate surface area is 80.4 Å². The normalized spacial score (nSPS) is 10.6. The van der Waals surface area contributed by atoms with Gasteiger partial charge in [-0.2, -0.15) is 0 Å². The molecule has 0 atom stereocenters. The first kappa shape index (κ1) is 8.38. The minimum atomic E-state index is -0.230. The summed E-state index contributed by atoms with van der Waals surface area (Å²) in [5, 5.41) is 1.38. The van der Waals surface area contributed by atoms with Crippen LogP contribution in [-0.4, -0.2) is 4.57 Å². The molecule has 0 amide bonds. The van der Waals surface area contributed by atoms with Crippen LogP contribution in [0.1, 0.15) is 0 Å². The molecule has 66 valence electrons. The van der Waals surface area contributed by atoms with E-state index in [-0.39, 0.29) is 5.82 Å². The number of hydrogen-bond donors (Lipinski definition) is 0. The number of halogens is 1. The molecule has 1 nitrogen and oxygen atoms in total. The molecule has 0 N–H and O–H groups in total. The molecule has 0 saturated heterocycles. The maximum absolute atomic E-state index is 13.4. The van der Waals surface area contributed by atoms with E-state index in [4.69, 9.17) is 12.2 Å². The fourth-order valence-electron chi connectivity index (χ4n) is 1.37. The average Bonchev–Trinajstić information content (AvgIpc) is 2.15. The van der Waals surface area contributed by atoms with Crippen LogP contribution in [0, 0.1) is 10.5 Å². The maximum atomic E-state index is 13.4. The van der Waals surface area contributed by atoms with Gasteiger partial charge in [0.2, 0.25) is 0 Å². The van der Waals surface area contributed by atoms with Crippen molar-refractivity contribution >= 4 is 23.0 Å². The van der Waals surface area contributed by atoms with Crippen molar-refractivity contribution in [3.05, 3.63) is 40.9 Å². The van der Waals surface area contributed by atoms with Crippen molar-refractivity contribution in [2.24, 2.45) is 7.05 Å². The molecule has 0 saturated carbocycles. The van der Waals surface area contributed by atoms with Crippen LogP contribution in [0.2, 0.25) is 0 Å². The van der Waals surface area contributed by atoms with Crippen LogP contribution in [0.4, 0.5) is 4.39 Å². The molecule has 0 radical (unpaired) electrons. The van der Waals surface area contributed by atoms with E-state index in [9.17, 15) is 4.39 Å². The molecular weight excluding hydrogens is 185 g/mol. The zero-order valence-electron chi connectivity index (χ0n) is 7.12. The van der Waals surface area contributed by atoms with Crippen LogP contribution in [0.25, 0.3) is 10.8 Å². The van der Waals surface area contributed by atoms with Gasteiger partial charge in [-0.25, -0.2) is 4.39 Å². The SMILES string of the molecule is Cn1cc(F)c2ccccc2c1=S. The lowest BCUT2D eigenvalue weighted by atomic mass is 10.2. The van der Waals surface area contributed by atoms with Gasteiger partial charge in [-0.3, -0.25) is 0 Å². The lowest BCUT2D eigenvalue weighted by Crippen LogP contribution is -1.95. The number of benzene rings is 1. The van der Waals surface area contributed by atoms with Crippen molar-refractivity contribution in [2.75, 3.05) is 0 Å². The van der Waals surface area contributed by atoms with Crippen LogP contribution < -0.4 is 0 Å². The Morgan fingerprint density at radius 3 is 2.54 bits per heavy atom. The van der Waals surface area contributed by atoms with Crippen molar-refractivity contribution in [3.8, 4) is 0 Å². The minimum Gasteiger partial charge on any atom is -0.339 e. The summed E-state index contributed by atoms with van der Waals surface area (Å²) in [5.74, 6) is -0.230. The second-order valence-electron chi connectivity index (χ2n) is 2.94. The highest BCUT2D eigenvalue weighted by molar-refractivity contribution is 7.71. The molecular formula is C10H8FNS. The highest BCUT2D eigenvalue weighted by Crippen LogP contribution is 2.17. The van der Waals surface area contributed by atoms with E-state index in [0.717, 1.165) is 5.39 Å². The number of aryl methyl sites for hydroxylation is 1. The summed E-state index contributed by atoms with van der Waals surface area (Å²) >= 11 is 5.15. The van der Waals surface area contributed by atoms with Gasteiger partial charge in [0.1, 0.15) is 10.5 Å². The summed E-state index contributed by atoms with van der Waals surface area (Å²) in [6, 6.07) is 7.24. The lowest BCUT2D eigenvalue weighted by Gasteiger charge is -2.03. The van der Waals surface area contributed by atoms with E-state index in [1.807, 2.05) is 12.1 Å². The molecule has 0 spiro atoms. The summed E-state index contributed by atoms with van der Waals surface area (Å²) in [5.41, 5.74) is 0. The van der Waals surface area contributed by atoms with Crippen molar-refractivity contribution in [1.29, 1.82) is 0 Å². The third kappa shape index (κ3) is 1.25.